The number of halogens is 1. The number of carbonyl (C=O) groups excluding carboxylic acids is 2. The summed E-state index contributed by atoms with van der Waals surface area (Å²) in [6.07, 6.45) is 3.10. The first-order chi connectivity index (χ1) is 14.5. The molecule has 154 valence electrons. The van der Waals surface area contributed by atoms with Crippen LogP contribution in [-0.4, -0.2) is 41.0 Å². The van der Waals surface area contributed by atoms with E-state index >= 15 is 0 Å². The van der Waals surface area contributed by atoms with E-state index in [0.29, 0.717) is 27.2 Å². The fraction of sp³-hybridized carbons (Fsp3) is 0.292. The SMILES string of the molecule is CC1CCCCN1C(=O)COC(=O)c1cc(-c2ccc(Cl)cc2)nc2ccccc12. The van der Waals surface area contributed by atoms with Crippen molar-refractivity contribution in [3.63, 3.8) is 0 Å². The lowest BCUT2D eigenvalue weighted by Crippen LogP contribution is -2.44. The monoisotopic (exact) mass is 422 g/mol. The van der Waals surface area contributed by atoms with Gasteiger partial charge >= 0.3 is 5.97 Å². The fourth-order valence-electron chi connectivity index (χ4n) is 3.87. The van der Waals surface area contributed by atoms with Crippen molar-refractivity contribution in [3.05, 3.63) is 65.2 Å². The third-order valence-corrected chi connectivity index (χ3v) is 5.78. The van der Waals surface area contributed by atoms with Gasteiger partial charge in [0.2, 0.25) is 0 Å². The third-order valence-electron chi connectivity index (χ3n) is 5.53. The van der Waals surface area contributed by atoms with Gasteiger partial charge in [0.25, 0.3) is 5.91 Å². The molecule has 2 aromatic carbocycles. The maximum absolute atomic E-state index is 12.9. The predicted octanol–water partition coefficient (Wildman–Crippen LogP) is 5.11. The van der Waals surface area contributed by atoms with Gasteiger partial charge in [0, 0.05) is 28.6 Å². The van der Waals surface area contributed by atoms with E-state index < -0.39 is 5.97 Å². The van der Waals surface area contributed by atoms with E-state index in [1.54, 1.807) is 23.1 Å². The minimum atomic E-state index is -0.526. The molecule has 1 unspecified atom stereocenters. The molecule has 1 saturated heterocycles. The zero-order valence-corrected chi connectivity index (χ0v) is 17.6. The van der Waals surface area contributed by atoms with E-state index in [1.807, 2.05) is 43.3 Å². The Morgan fingerprint density at radius 2 is 1.90 bits per heavy atom. The van der Waals surface area contributed by atoms with Crippen LogP contribution in [0.2, 0.25) is 5.02 Å². The Hall–Kier alpha value is -2.92. The van der Waals surface area contributed by atoms with E-state index in [2.05, 4.69) is 4.98 Å². The molecule has 6 heteroatoms. The van der Waals surface area contributed by atoms with Crippen molar-refractivity contribution in [2.75, 3.05) is 13.2 Å². The van der Waals surface area contributed by atoms with Crippen molar-refractivity contribution in [1.82, 2.24) is 9.88 Å². The maximum Gasteiger partial charge on any atom is 0.339 e. The first kappa shape index (κ1) is 20.4. The summed E-state index contributed by atoms with van der Waals surface area (Å²) in [6.45, 7) is 2.50. The summed E-state index contributed by atoms with van der Waals surface area (Å²) in [5.74, 6) is -0.673. The number of para-hydroxylation sites is 1. The molecule has 1 amide bonds. The molecule has 0 spiro atoms. The number of nitrogens with zero attached hydrogens (tertiary/aromatic N) is 2. The Balaban J connectivity index is 1.59. The molecule has 4 rings (SSSR count). The van der Waals surface area contributed by atoms with Crippen LogP contribution in [0.1, 0.15) is 36.5 Å². The molecule has 1 aromatic heterocycles. The van der Waals surface area contributed by atoms with Gasteiger partial charge in [-0.2, -0.15) is 0 Å². The average molecular weight is 423 g/mol. The highest BCUT2D eigenvalue weighted by Crippen LogP contribution is 2.26. The van der Waals surface area contributed by atoms with Crippen molar-refractivity contribution in [2.24, 2.45) is 0 Å². The van der Waals surface area contributed by atoms with Crippen molar-refractivity contribution in [2.45, 2.75) is 32.2 Å². The number of piperidine rings is 1. The van der Waals surface area contributed by atoms with E-state index in [9.17, 15) is 9.59 Å². The van der Waals surface area contributed by atoms with Crippen LogP contribution in [0.3, 0.4) is 0 Å². The molecule has 0 saturated carbocycles. The van der Waals surface area contributed by atoms with Gasteiger partial charge in [-0.25, -0.2) is 9.78 Å². The highest BCUT2D eigenvalue weighted by atomic mass is 35.5. The second-order valence-corrected chi connectivity index (χ2v) is 8.02. The molecule has 0 N–H and O–H groups in total. The summed E-state index contributed by atoms with van der Waals surface area (Å²) in [7, 11) is 0. The van der Waals surface area contributed by atoms with Crippen molar-refractivity contribution < 1.29 is 14.3 Å². The van der Waals surface area contributed by atoms with E-state index in [0.717, 1.165) is 31.4 Å². The number of hydrogen-bond donors (Lipinski definition) is 0. The zero-order chi connectivity index (χ0) is 21.1. The lowest BCUT2D eigenvalue weighted by Gasteiger charge is -2.33. The summed E-state index contributed by atoms with van der Waals surface area (Å²) in [6, 6.07) is 16.6. The molecule has 3 aromatic rings. The number of carbonyl (C=O) groups is 2. The van der Waals surface area contributed by atoms with Gasteiger partial charge in [-0.3, -0.25) is 4.79 Å². The highest BCUT2D eigenvalue weighted by Gasteiger charge is 2.24. The molecule has 0 bridgehead atoms. The number of likely N-dealkylation sites (tertiary alicyclic amines) is 1. The summed E-state index contributed by atoms with van der Waals surface area (Å²) < 4.78 is 5.43. The van der Waals surface area contributed by atoms with Gasteiger partial charge < -0.3 is 9.64 Å². The van der Waals surface area contributed by atoms with E-state index in [-0.39, 0.29) is 18.6 Å². The second-order valence-electron chi connectivity index (χ2n) is 7.59. The number of amides is 1. The largest absolute Gasteiger partial charge is 0.452 e. The standard InChI is InChI=1S/C24H23ClN2O3/c1-16-6-4-5-13-27(16)23(28)15-30-24(29)20-14-22(17-9-11-18(25)12-10-17)26-21-8-3-2-7-19(20)21/h2-3,7-12,14,16H,4-6,13,15H2,1H3. The number of rotatable bonds is 4. The quantitative estimate of drug-likeness (QED) is 0.548. The van der Waals surface area contributed by atoms with Crippen molar-refractivity contribution in [1.29, 1.82) is 0 Å². The molecular weight excluding hydrogens is 400 g/mol. The average Bonchev–Trinajstić information content (AvgIpc) is 2.77. The first-order valence-electron chi connectivity index (χ1n) is 10.2. The van der Waals surface area contributed by atoms with Crippen LogP contribution in [0.4, 0.5) is 0 Å². The summed E-state index contributed by atoms with van der Waals surface area (Å²) in [5.41, 5.74) is 2.57. The molecule has 30 heavy (non-hydrogen) atoms. The van der Waals surface area contributed by atoms with Gasteiger partial charge in [0.05, 0.1) is 16.8 Å². The molecule has 1 aliphatic heterocycles. The maximum atomic E-state index is 12.9. The van der Waals surface area contributed by atoms with Crippen LogP contribution in [0.5, 0.6) is 0 Å². The first-order valence-corrected chi connectivity index (χ1v) is 10.5. The highest BCUT2D eigenvalue weighted by molar-refractivity contribution is 6.30. The summed E-state index contributed by atoms with van der Waals surface area (Å²) >= 11 is 5.99. The predicted molar refractivity (Wildman–Crippen MR) is 117 cm³/mol. The molecular formula is C24H23ClN2O3. The third kappa shape index (κ3) is 4.31. The smallest absolute Gasteiger partial charge is 0.339 e. The van der Waals surface area contributed by atoms with Crippen LogP contribution in [-0.2, 0) is 9.53 Å². The Morgan fingerprint density at radius 1 is 1.13 bits per heavy atom. The number of hydrogen-bond acceptors (Lipinski definition) is 4. The van der Waals surface area contributed by atoms with Gasteiger partial charge in [-0.1, -0.05) is 41.9 Å². The van der Waals surface area contributed by atoms with Crippen LogP contribution in [0.25, 0.3) is 22.2 Å². The van der Waals surface area contributed by atoms with Gasteiger partial charge in [-0.15, -0.1) is 0 Å². The van der Waals surface area contributed by atoms with Crippen LogP contribution in [0, 0.1) is 0 Å². The van der Waals surface area contributed by atoms with E-state index in [4.69, 9.17) is 16.3 Å². The second kappa shape index (κ2) is 8.84. The Labute approximate surface area is 180 Å². The molecule has 2 heterocycles. The Bertz CT molecular complexity index is 1080. The summed E-state index contributed by atoms with van der Waals surface area (Å²) in [4.78, 5) is 32.0. The number of esters is 1. The lowest BCUT2D eigenvalue weighted by molar-refractivity contribution is -0.137. The molecule has 1 atom stereocenters. The minimum Gasteiger partial charge on any atom is -0.452 e. The number of ether oxygens (including phenoxy) is 1. The fourth-order valence-corrected chi connectivity index (χ4v) is 4.00. The van der Waals surface area contributed by atoms with Gasteiger partial charge in [-0.05, 0) is 50.5 Å². The Kier molecular flexibility index (Phi) is 6.00. The molecule has 1 aliphatic rings. The van der Waals surface area contributed by atoms with Crippen LogP contribution >= 0.6 is 11.6 Å². The topological polar surface area (TPSA) is 59.5 Å². The summed E-state index contributed by atoms with van der Waals surface area (Å²) in [5, 5.41) is 1.32. The lowest BCUT2D eigenvalue weighted by atomic mass is 10.0. The molecule has 5 nitrogen and oxygen atoms in total. The van der Waals surface area contributed by atoms with Crippen LogP contribution < -0.4 is 0 Å². The Morgan fingerprint density at radius 3 is 2.67 bits per heavy atom. The normalized spacial score (nSPS) is 16.5. The molecule has 1 fully saturated rings. The number of benzene rings is 2. The van der Waals surface area contributed by atoms with Gasteiger partial charge in [0.15, 0.2) is 6.61 Å². The van der Waals surface area contributed by atoms with Crippen molar-refractivity contribution >= 4 is 34.4 Å². The minimum absolute atomic E-state index is 0.146. The van der Waals surface area contributed by atoms with Crippen LogP contribution in [0.15, 0.2) is 54.6 Å². The van der Waals surface area contributed by atoms with Gasteiger partial charge in [0.1, 0.15) is 0 Å². The van der Waals surface area contributed by atoms with Crippen molar-refractivity contribution in [3.8, 4) is 11.3 Å². The van der Waals surface area contributed by atoms with E-state index in [1.165, 1.54) is 0 Å². The zero-order valence-electron chi connectivity index (χ0n) is 16.8. The number of fused-ring (bicyclic) bond motifs is 1. The molecule has 0 aliphatic carbocycles. The number of pyridine rings is 1. The molecule has 0 radical (unpaired) electrons. The number of aromatic nitrogens is 1.